The van der Waals surface area contributed by atoms with Crippen molar-refractivity contribution < 1.29 is 14.3 Å². The Labute approximate surface area is 163 Å². The molecule has 2 heterocycles. The first-order valence-electron chi connectivity index (χ1n) is 8.03. The Bertz CT molecular complexity index is 919. The van der Waals surface area contributed by atoms with E-state index >= 15 is 0 Å². The minimum atomic E-state index is -1.37. The van der Waals surface area contributed by atoms with Crippen LogP contribution in [0.4, 0.5) is 10.1 Å². The lowest BCUT2D eigenvalue weighted by atomic mass is 9.77. The number of thiol groups is 1. The van der Waals surface area contributed by atoms with Crippen LogP contribution in [-0.2, 0) is 11.2 Å². The quantitative estimate of drug-likeness (QED) is 0.301. The molecule has 2 N–H and O–H groups in total. The molecular weight excluding hydrogens is 395 g/mol. The first kappa shape index (κ1) is 18.1. The molecule has 1 fully saturated rings. The monoisotopic (exact) mass is 412 g/mol. The highest BCUT2D eigenvalue weighted by Crippen LogP contribution is 2.46. The number of rotatable bonds is 2. The number of benzene rings is 1. The van der Waals surface area contributed by atoms with Gasteiger partial charge in [0, 0.05) is 23.8 Å². The molecule has 1 aliphatic carbocycles. The zero-order chi connectivity index (χ0) is 18.9. The summed E-state index contributed by atoms with van der Waals surface area (Å²) in [7, 11) is -0.628. The average molecular weight is 413 g/mol. The summed E-state index contributed by atoms with van der Waals surface area (Å²) in [6.07, 6.45) is 0.183. The van der Waals surface area contributed by atoms with Crippen LogP contribution in [0.5, 0.6) is 0 Å². The molecule has 1 aromatic rings. The van der Waals surface area contributed by atoms with E-state index in [4.69, 9.17) is 12.2 Å². The number of fused-ring (bicyclic) bond motifs is 2. The van der Waals surface area contributed by atoms with Gasteiger partial charge in [-0.2, -0.15) is 12.6 Å². The number of nitrogens with zero attached hydrogens (tertiary/aromatic N) is 1. The minimum Gasteiger partial charge on any atom is -0.627 e. The van der Waals surface area contributed by atoms with Crippen molar-refractivity contribution in [3.05, 3.63) is 40.2 Å². The second-order valence-electron chi connectivity index (χ2n) is 6.83. The number of carboxylic acid groups (broad SMARTS) is 1. The largest absolute Gasteiger partial charge is 0.627 e. The van der Waals surface area contributed by atoms with Gasteiger partial charge in [0.2, 0.25) is 0 Å². The van der Waals surface area contributed by atoms with Gasteiger partial charge in [-0.25, -0.2) is 4.39 Å². The van der Waals surface area contributed by atoms with E-state index in [9.17, 15) is 19.5 Å². The number of quaternary nitrogens is 1. The maximum atomic E-state index is 14.1. The highest BCUT2D eigenvalue weighted by Gasteiger charge is 2.50. The zero-order valence-corrected chi connectivity index (χ0v) is 16.2. The molecule has 4 unspecified atom stereocenters. The predicted molar refractivity (Wildman–Crippen MR) is 112 cm³/mol. The molecule has 4 atom stereocenters. The average Bonchev–Trinajstić information content (AvgIpc) is 2.57. The Balaban J connectivity index is 1.79. The van der Waals surface area contributed by atoms with Crippen LogP contribution in [0.3, 0.4) is 0 Å². The van der Waals surface area contributed by atoms with Crippen molar-refractivity contribution in [2.24, 2.45) is 0 Å². The maximum Gasteiger partial charge on any atom is 0.325 e. The van der Waals surface area contributed by atoms with Gasteiger partial charge in [-0.1, -0.05) is 24.2 Å². The molecule has 1 saturated heterocycles. The lowest BCUT2D eigenvalue weighted by Gasteiger charge is -2.47. The summed E-state index contributed by atoms with van der Waals surface area (Å²) in [6.45, 7) is 0.137. The molecule has 0 amide bonds. The molecule has 2 aliphatic heterocycles. The number of nitrogens with one attached hydrogen (secondary N) is 1. The number of alkyl halides is 1. The highest BCUT2D eigenvalue weighted by atomic mass is 32.2. The summed E-state index contributed by atoms with van der Waals surface area (Å²) in [4.78, 5) is 12.2. The fourth-order valence-electron chi connectivity index (χ4n) is 3.66. The molecule has 0 aromatic heterocycles. The number of carbonyl (C=O) groups is 1. The van der Waals surface area contributed by atoms with Gasteiger partial charge in [0.05, 0.1) is 12.2 Å². The van der Waals surface area contributed by atoms with E-state index in [1.165, 1.54) is 0 Å². The van der Waals surface area contributed by atoms with Gasteiger partial charge in [0.1, 0.15) is 17.2 Å². The fourth-order valence-corrected chi connectivity index (χ4v) is 5.55. The van der Waals surface area contributed by atoms with Crippen LogP contribution in [0.25, 0.3) is 5.57 Å². The summed E-state index contributed by atoms with van der Waals surface area (Å²) in [5.74, 6) is 3.19. The summed E-state index contributed by atoms with van der Waals surface area (Å²) < 4.78 is 12.0. The summed E-state index contributed by atoms with van der Waals surface area (Å²) >= 11 is 9.64. The van der Waals surface area contributed by atoms with Gasteiger partial charge >= 0.3 is 5.97 Å². The molecule has 138 valence electrons. The van der Waals surface area contributed by atoms with E-state index in [1.54, 1.807) is 18.2 Å². The number of carboxylic acids is 1. The van der Waals surface area contributed by atoms with E-state index in [0.29, 0.717) is 27.7 Å². The van der Waals surface area contributed by atoms with E-state index in [-0.39, 0.29) is 19.5 Å². The molecule has 0 spiro atoms. The van der Waals surface area contributed by atoms with Crippen molar-refractivity contribution in [1.29, 1.82) is 0 Å². The van der Waals surface area contributed by atoms with Crippen LogP contribution in [0.1, 0.15) is 11.1 Å². The van der Waals surface area contributed by atoms with Gasteiger partial charge in [0.25, 0.3) is 0 Å². The van der Waals surface area contributed by atoms with E-state index in [2.05, 4.69) is 23.8 Å². The van der Waals surface area contributed by atoms with Gasteiger partial charge in [-0.15, -0.1) is 10.5 Å². The Morgan fingerprint density at radius 3 is 2.92 bits per heavy atom. The SMILES string of the molecule is C=S1CC[N+]([O-])(c2ccc3c(c2)C2=C(NC2=S)C(S)(C(=O)O)C3)CC1F. The number of hydrogen-bond donors (Lipinski definition) is 3. The van der Waals surface area contributed by atoms with Crippen LogP contribution in [0, 0.1) is 5.21 Å². The number of hydroxylamine groups is 2. The van der Waals surface area contributed by atoms with Crippen molar-refractivity contribution in [2.45, 2.75) is 16.7 Å². The lowest BCUT2D eigenvalue weighted by molar-refractivity contribution is -0.138. The van der Waals surface area contributed by atoms with Crippen LogP contribution < -0.4 is 9.96 Å². The third-order valence-electron chi connectivity index (χ3n) is 5.28. The van der Waals surface area contributed by atoms with Gasteiger partial charge in [-0.05, 0) is 17.2 Å². The Kier molecular flexibility index (Phi) is 4.09. The lowest BCUT2D eigenvalue weighted by Crippen LogP contribution is -2.54. The molecular formula is C17H17FN2O3S3. The number of aliphatic carboxylic acids is 1. The van der Waals surface area contributed by atoms with E-state index in [0.717, 1.165) is 11.1 Å². The van der Waals surface area contributed by atoms with Crippen molar-refractivity contribution in [3.63, 3.8) is 0 Å². The van der Waals surface area contributed by atoms with Crippen LogP contribution in [0.15, 0.2) is 23.9 Å². The molecule has 0 bridgehead atoms. The normalized spacial score (nSPS) is 35.9. The summed E-state index contributed by atoms with van der Waals surface area (Å²) in [6, 6.07) is 5.15. The Morgan fingerprint density at radius 2 is 2.31 bits per heavy atom. The second kappa shape index (κ2) is 5.87. The second-order valence-corrected chi connectivity index (χ2v) is 10.0. The first-order chi connectivity index (χ1) is 12.2. The molecule has 0 saturated carbocycles. The smallest absolute Gasteiger partial charge is 0.325 e. The topological polar surface area (TPSA) is 72.4 Å². The highest BCUT2D eigenvalue weighted by molar-refractivity contribution is 8.14. The fraction of sp³-hybridized carbons (Fsp3) is 0.353. The van der Waals surface area contributed by atoms with Crippen molar-refractivity contribution in [3.8, 4) is 0 Å². The third kappa shape index (κ3) is 2.49. The molecule has 9 heteroatoms. The summed E-state index contributed by atoms with van der Waals surface area (Å²) in [5.41, 5.74) is 1.85. The third-order valence-corrected chi connectivity index (χ3v) is 7.74. The van der Waals surface area contributed by atoms with Gasteiger partial charge in [-0.3, -0.25) is 4.79 Å². The molecule has 26 heavy (non-hydrogen) atoms. The van der Waals surface area contributed by atoms with Crippen molar-refractivity contribution in [2.75, 3.05) is 18.8 Å². The maximum absolute atomic E-state index is 14.1. The number of halogens is 1. The molecule has 0 radical (unpaired) electrons. The molecule has 3 aliphatic rings. The molecule has 1 aromatic carbocycles. The van der Waals surface area contributed by atoms with E-state index in [1.807, 2.05) is 0 Å². The summed E-state index contributed by atoms with van der Waals surface area (Å²) in [5, 5.41) is 25.7. The number of thiocarbonyl (C=S) groups is 1. The zero-order valence-electron chi connectivity index (χ0n) is 13.7. The van der Waals surface area contributed by atoms with E-state index < -0.39 is 31.4 Å². The Morgan fingerprint density at radius 1 is 1.58 bits per heavy atom. The van der Waals surface area contributed by atoms with Gasteiger partial charge < -0.3 is 20.3 Å². The van der Waals surface area contributed by atoms with Crippen LogP contribution in [0.2, 0.25) is 0 Å². The molecule has 4 rings (SSSR count). The molecule has 5 nitrogen and oxygen atoms in total. The first-order valence-corrected chi connectivity index (χ1v) is 10.5. The van der Waals surface area contributed by atoms with Crippen molar-refractivity contribution >= 4 is 63.4 Å². The van der Waals surface area contributed by atoms with Crippen LogP contribution >= 0.6 is 35.3 Å². The van der Waals surface area contributed by atoms with Gasteiger partial charge in [0.15, 0.2) is 10.3 Å². The Hall–Kier alpha value is -1.26. The van der Waals surface area contributed by atoms with Crippen LogP contribution in [-0.4, -0.2) is 51.0 Å². The standard InChI is InChI=1S/C17H17FN2O3S3/c1-26-5-4-20(23,8-12(26)18)10-3-2-9-7-17(25,16(21)22)14-13(11(9)6-10)15(24)19-14/h2-3,6,12,25H,1,4-5,7-8H2,(H,19,24)(H,21,22). The minimum absolute atomic E-state index is 0.147. The number of hydrogen-bond acceptors (Lipinski definition) is 4. The predicted octanol–water partition coefficient (Wildman–Crippen LogP) is 2.45. The van der Waals surface area contributed by atoms with Crippen molar-refractivity contribution in [1.82, 2.24) is 9.96 Å².